The molecule has 0 saturated carbocycles. The van der Waals surface area contributed by atoms with Crippen molar-refractivity contribution in [3.05, 3.63) is 102 Å². The zero-order valence-corrected chi connectivity index (χ0v) is 18.6. The van der Waals surface area contributed by atoms with Gasteiger partial charge in [0, 0.05) is 0 Å². The van der Waals surface area contributed by atoms with Gasteiger partial charge >= 0.3 is 0 Å². The van der Waals surface area contributed by atoms with E-state index in [1.54, 1.807) is 0 Å². The largest absolute Gasteiger partial charge is 0.204 e. The second kappa shape index (κ2) is 9.35. The lowest BCUT2D eigenvalue weighted by atomic mass is 9.93. The highest BCUT2D eigenvalue weighted by Crippen LogP contribution is 2.32. The molecule has 0 N–H and O–H groups in total. The Labute approximate surface area is 192 Å². The minimum absolute atomic E-state index is 0.416. The van der Waals surface area contributed by atoms with Crippen LogP contribution in [-0.4, -0.2) is 5.16 Å². The first-order valence-electron chi connectivity index (χ1n) is 10.4. The molecule has 4 aromatic carbocycles. The third-order valence-electron chi connectivity index (χ3n) is 5.57. The van der Waals surface area contributed by atoms with Crippen LogP contribution in [0.5, 0.6) is 0 Å². The van der Waals surface area contributed by atoms with E-state index in [9.17, 15) is 8.78 Å². The maximum atomic E-state index is 14.2. The summed E-state index contributed by atoms with van der Waals surface area (Å²) in [5.41, 5.74) is 7.85. The molecule has 0 spiro atoms. The van der Waals surface area contributed by atoms with Crippen molar-refractivity contribution in [1.82, 2.24) is 0 Å². The predicted molar refractivity (Wildman–Crippen MR) is 131 cm³/mol. The molecule has 0 fully saturated rings. The van der Waals surface area contributed by atoms with Crippen LogP contribution in [0.3, 0.4) is 0 Å². The Kier molecular flexibility index (Phi) is 6.36. The van der Waals surface area contributed by atoms with Crippen LogP contribution in [0.2, 0.25) is 0 Å². The molecular weight excluding hydrogens is 420 g/mol. The lowest BCUT2D eigenvalue weighted by Crippen LogP contribution is -1.90. The monoisotopic (exact) mass is 441 g/mol. The molecule has 0 unspecified atom stereocenters. The van der Waals surface area contributed by atoms with E-state index in [0.29, 0.717) is 5.56 Å². The molecule has 0 atom stereocenters. The van der Waals surface area contributed by atoms with Crippen molar-refractivity contribution < 1.29 is 8.78 Å². The Hall–Kier alpha value is -3.46. The molecule has 4 heteroatoms. The lowest BCUT2D eigenvalue weighted by Gasteiger charge is -2.12. The van der Waals surface area contributed by atoms with Gasteiger partial charge in [-0.15, -0.1) is 0 Å². The molecule has 0 bridgehead atoms. The van der Waals surface area contributed by atoms with Gasteiger partial charge in [-0.2, -0.15) is 4.99 Å². The van der Waals surface area contributed by atoms with Crippen molar-refractivity contribution in [1.29, 1.82) is 0 Å². The first-order valence-corrected chi connectivity index (χ1v) is 10.8. The highest BCUT2D eigenvalue weighted by molar-refractivity contribution is 7.78. The van der Waals surface area contributed by atoms with Gasteiger partial charge in [0.15, 0.2) is 11.6 Å². The van der Waals surface area contributed by atoms with Gasteiger partial charge < -0.3 is 0 Å². The van der Waals surface area contributed by atoms with E-state index in [2.05, 4.69) is 73.5 Å². The molecule has 1 nitrogen and oxygen atoms in total. The second-order valence-corrected chi connectivity index (χ2v) is 7.84. The van der Waals surface area contributed by atoms with Crippen molar-refractivity contribution in [3.63, 3.8) is 0 Å². The van der Waals surface area contributed by atoms with Gasteiger partial charge in [0.2, 0.25) is 0 Å². The fourth-order valence-electron chi connectivity index (χ4n) is 3.82. The molecule has 4 rings (SSSR count). The standard InChI is InChI=1S/C28H21F2NS/c1-3-19-14-23(12-13-25(19)22-6-4-18(2)5-7-22)20-8-10-21(11-9-20)24-15-26(29)28(31-17-32)27(30)16-24/h4-16H,3H2,1-2H3. The number of thiocarbonyl (C=S) groups is 1. The molecule has 0 aliphatic rings. The molecule has 0 saturated heterocycles. The summed E-state index contributed by atoms with van der Waals surface area (Å²) in [4.78, 5) is 3.46. The van der Waals surface area contributed by atoms with E-state index in [1.165, 1.54) is 34.4 Å². The van der Waals surface area contributed by atoms with E-state index < -0.39 is 17.3 Å². The van der Waals surface area contributed by atoms with E-state index in [0.717, 1.165) is 23.1 Å². The fourth-order valence-corrected chi connectivity index (χ4v) is 3.91. The summed E-state index contributed by atoms with van der Waals surface area (Å²) in [7, 11) is 0. The smallest absolute Gasteiger partial charge is 0.153 e. The second-order valence-electron chi connectivity index (χ2n) is 7.66. The Balaban J connectivity index is 1.66. The summed E-state index contributed by atoms with van der Waals surface area (Å²) >= 11 is 4.45. The fraction of sp³-hybridized carbons (Fsp3) is 0.107. The number of hydrogen-bond acceptors (Lipinski definition) is 2. The summed E-state index contributed by atoms with van der Waals surface area (Å²) in [5, 5.41) is 2.00. The van der Waals surface area contributed by atoms with E-state index in [4.69, 9.17) is 0 Å². The molecule has 0 aromatic heterocycles. The Bertz CT molecular complexity index is 1300. The highest BCUT2D eigenvalue weighted by atomic mass is 32.1. The SMILES string of the molecule is CCc1cc(-c2ccc(-c3cc(F)c(N=C=S)c(F)c3)cc2)ccc1-c1ccc(C)cc1. The molecule has 0 radical (unpaired) electrons. The number of halogens is 2. The number of isothiocyanates is 1. The van der Waals surface area contributed by atoms with Crippen LogP contribution in [0.4, 0.5) is 14.5 Å². The third kappa shape index (κ3) is 4.43. The maximum absolute atomic E-state index is 14.2. The van der Waals surface area contributed by atoms with Crippen LogP contribution < -0.4 is 0 Å². The van der Waals surface area contributed by atoms with Crippen molar-refractivity contribution in [2.24, 2.45) is 4.99 Å². The van der Waals surface area contributed by atoms with Crippen molar-refractivity contribution >= 4 is 23.1 Å². The highest BCUT2D eigenvalue weighted by Gasteiger charge is 2.12. The average Bonchev–Trinajstić information content (AvgIpc) is 2.81. The van der Waals surface area contributed by atoms with E-state index in [1.807, 2.05) is 29.4 Å². The summed E-state index contributed by atoms with van der Waals surface area (Å²) in [6, 6.07) is 25.2. The minimum Gasteiger partial charge on any atom is -0.204 e. The van der Waals surface area contributed by atoms with Gasteiger partial charge in [-0.25, -0.2) is 8.78 Å². The molecule has 4 aromatic rings. The molecule has 0 amide bonds. The van der Waals surface area contributed by atoms with E-state index in [-0.39, 0.29) is 0 Å². The summed E-state index contributed by atoms with van der Waals surface area (Å²) in [6.07, 6.45) is 0.921. The van der Waals surface area contributed by atoms with Crippen molar-refractivity contribution in [3.8, 4) is 33.4 Å². The van der Waals surface area contributed by atoms with Crippen LogP contribution in [-0.2, 0) is 6.42 Å². The zero-order chi connectivity index (χ0) is 22.7. The quantitative estimate of drug-likeness (QED) is 0.223. The minimum atomic E-state index is -0.763. The molecule has 158 valence electrons. The normalized spacial score (nSPS) is 10.6. The third-order valence-corrected chi connectivity index (χ3v) is 5.67. The summed E-state index contributed by atoms with van der Waals surface area (Å²) in [6.45, 7) is 4.24. The van der Waals surface area contributed by atoms with Crippen LogP contribution in [0.1, 0.15) is 18.1 Å². The van der Waals surface area contributed by atoms with Gasteiger partial charge in [-0.1, -0.05) is 79.2 Å². The predicted octanol–water partition coefficient (Wildman–Crippen LogP) is 8.57. The van der Waals surface area contributed by atoms with Crippen LogP contribution in [0, 0.1) is 18.6 Å². The summed E-state index contributed by atoms with van der Waals surface area (Å²) in [5.74, 6) is -1.53. The number of aryl methyl sites for hydroxylation is 2. The zero-order valence-electron chi connectivity index (χ0n) is 17.8. The van der Waals surface area contributed by atoms with Crippen LogP contribution in [0.25, 0.3) is 33.4 Å². The van der Waals surface area contributed by atoms with Crippen molar-refractivity contribution in [2.75, 3.05) is 0 Å². The van der Waals surface area contributed by atoms with Gasteiger partial charge in [-0.3, -0.25) is 0 Å². The number of nitrogens with zero attached hydrogens (tertiary/aromatic N) is 1. The Morgan fingerprint density at radius 3 is 1.81 bits per heavy atom. The molecular formula is C28H21F2NS. The van der Waals surface area contributed by atoms with E-state index >= 15 is 0 Å². The first-order chi connectivity index (χ1) is 15.5. The van der Waals surface area contributed by atoms with Crippen molar-refractivity contribution in [2.45, 2.75) is 20.3 Å². The van der Waals surface area contributed by atoms with Gasteiger partial charge in [0.05, 0.1) is 5.16 Å². The molecule has 0 aliphatic carbocycles. The number of aliphatic imine (C=N–C) groups is 1. The molecule has 32 heavy (non-hydrogen) atoms. The lowest BCUT2D eigenvalue weighted by molar-refractivity contribution is 0.588. The Morgan fingerprint density at radius 2 is 1.25 bits per heavy atom. The average molecular weight is 442 g/mol. The molecule has 0 aliphatic heterocycles. The number of rotatable bonds is 5. The van der Waals surface area contributed by atoms with Gasteiger partial charge in [0.25, 0.3) is 0 Å². The van der Waals surface area contributed by atoms with Gasteiger partial charge in [-0.05, 0) is 76.6 Å². The van der Waals surface area contributed by atoms with Gasteiger partial charge in [0.1, 0.15) is 5.69 Å². The number of hydrogen-bond donors (Lipinski definition) is 0. The summed E-state index contributed by atoms with van der Waals surface area (Å²) < 4.78 is 28.4. The van der Waals surface area contributed by atoms with Crippen LogP contribution in [0.15, 0.2) is 83.9 Å². The Morgan fingerprint density at radius 1 is 0.719 bits per heavy atom. The van der Waals surface area contributed by atoms with Crippen LogP contribution >= 0.6 is 12.2 Å². The molecule has 0 heterocycles. The maximum Gasteiger partial charge on any atom is 0.153 e. The first kappa shape index (κ1) is 21.8. The number of benzene rings is 4. The topological polar surface area (TPSA) is 12.4 Å².